The minimum Gasteiger partial charge on any atom is -0.330 e. The molecule has 3 nitrogen and oxygen atoms in total. The van der Waals surface area contributed by atoms with Gasteiger partial charge in [-0.3, -0.25) is 0 Å². The molecule has 0 spiro atoms. The van der Waals surface area contributed by atoms with Gasteiger partial charge in [0, 0.05) is 25.6 Å². The van der Waals surface area contributed by atoms with Crippen molar-refractivity contribution in [3.05, 3.63) is 40.7 Å². The molecule has 18 heavy (non-hydrogen) atoms. The summed E-state index contributed by atoms with van der Waals surface area (Å²) in [5.74, 6) is 0.926. The first kappa shape index (κ1) is 13.1. The molecule has 2 aromatic rings. The van der Waals surface area contributed by atoms with E-state index in [9.17, 15) is 0 Å². The molecule has 0 saturated heterocycles. The predicted molar refractivity (Wildman–Crippen MR) is 76.0 cm³/mol. The molecule has 4 heteroatoms. The molecular weight excluding hydrogens is 246 g/mol. The molecule has 0 bridgehead atoms. The number of halogens is 1. The summed E-state index contributed by atoms with van der Waals surface area (Å²) in [6, 6.07) is 8.31. The molecule has 0 radical (unpaired) electrons. The molecular formula is C14H18ClN3. The fraction of sp³-hybridized carbons (Fsp3) is 0.357. The van der Waals surface area contributed by atoms with Crippen molar-refractivity contribution in [2.24, 2.45) is 7.05 Å². The van der Waals surface area contributed by atoms with E-state index in [4.69, 9.17) is 11.6 Å². The number of rotatable bonds is 4. The average Bonchev–Trinajstić information content (AvgIpc) is 2.63. The average molecular weight is 264 g/mol. The van der Waals surface area contributed by atoms with Crippen LogP contribution in [0.5, 0.6) is 0 Å². The third-order valence-corrected chi connectivity index (χ3v) is 3.36. The van der Waals surface area contributed by atoms with Crippen LogP contribution in [0.25, 0.3) is 11.4 Å². The zero-order valence-corrected chi connectivity index (χ0v) is 11.8. The van der Waals surface area contributed by atoms with Crippen LogP contribution in [-0.2, 0) is 13.5 Å². The predicted octanol–water partition coefficient (Wildman–Crippen LogP) is 2.81. The van der Waals surface area contributed by atoms with Crippen molar-refractivity contribution in [2.45, 2.75) is 13.3 Å². The van der Waals surface area contributed by atoms with Gasteiger partial charge in [-0.15, -0.1) is 0 Å². The van der Waals surface area contributed by atoms with Crippen LogP contribution in [0.4, 0.5) is 0 Å². The smallest absolute Gasteiger partial charge is 0.151 e. The maximum absolute atomic E-state index is 6.22. The van der Waals surface area contributed by atoms with E-state index in [2.05, 4.69) is 40.0 Å². The summed E-state index contributed by atoms with van der Waals surface area (Å²) < 4.78 is 2.08. The van der Waals surface area contributed by atoms with Crippen LogP contribution in [-0.4, -0.2) is 23.1 Å². The van der Waals surface area contributed by atoms with Gasteiger partial charge in [0.15, 0.2) is 5.15 Å². The lowest BCUT2D eigenvalue weighted by Gasteiger charge is -2.06. The lowest BCUT2D eigenvalue weighted by atomic mass is 10.1. The minimum absolute atomic E-state index is 0.601. The van der Waals surface area contributed by atoms with Crippen molar-refractivity contribution in [1.29, 1.82) is 0 Å². The summed E-state index contributed by atoms with van der Waals surface area (Å²) in [6.07, 6.45) is 0.880. The second kappa shape index (κ2) is 5.55. The lowest BCUT2D eigenvalue weighted by molar-refractivity contribution is 0.740. The van der Waals surface area contributed by atoms with Gasteiger partial charge in [-0.05, 0) is 20.0 Å². The number of benzene rings is 1. The topological polar surface area (TPSA) is 29.9 Å². The minimum atomic E-state index is 0.601. The molecule has 96 valence electrons. The Hall–Kier alpha value is -1.32. The SMILES string of the molecule is CNCCc1c(Cl)nc(-c2cccc(C)c2)n1C. The van der Waals surface area contributed by atoms with Gasteiger partial charge >= 0.3 is 0 Å². The van der Waals surface area contributed by atoms with E-state index in [1.54, 1.807) is 0 Å². The fourth-order valence-corrected chi connectivity index (χ4v) is 2.36. The van der Waals surface area contributed by atoms with Gasteiger partial charge in [0.1, 0.15) is 5.82 Å². The number of nitrogens with zero attached hydrogens (tertiary/aromatic N) is 2. The first-order valence-electron chi connectivity index (χ1n) is 6.06. The van der Waals surface area contributed by atoms with Crippen LogP contribution in [0.1, 0.15) is 11.3 Å². The first-order valence-corrected chi connectivity index (χ1v) is 6.44. The van der Waals surface area contributed by atoms with E-state index in [-0.39, 0.29) is 0 Å². The molecule has 1 N–H and O–H groups in total. The van der Waals surface area contributed by atoms with Gasteiger partial charge in [0.2, 0.25) is 0 Å². The Morgan fingerprint density at radius 2 is 2.17 bits per heavy atom. The number of hydrogen-bond donors (Lipinski definition) is 1. The quantitative estimate of drug-likeness (QED) is 0.919. The molecule has 1 heterocycles. The summed E-state index contributed by atoms with van der Waals surface area (Å²) in [5, 5.41) is 3.73. The van der Waals surface area contributed by atoms with E-state index in [1.807, 2.05) is 20.2 Å². The maximum atomic E-state index is 6.22. The Labute approximate surface area is 113 Å². The number of aromatic nitrogens is 2. The van der Waals surface area contributed by atoms with Crippen LogP contribution < -0.4 is 5.32 Å². The van der Waals surface area contributed by atoms with Gasteiger partial charge in [0.25, 0.3) is 0 Å². The highest BCUT2D eigenvalue weighted by molar-refractivity contribution is 6.30. The van der Waals surface area contributed by atoms with E-state index in [1.165, 1.54) is 5.56 Å². The first-order chi connectivity index (χ1) is 8.63. The summed E-state index contributed by atoms with van der Waals surface area (Å²) in [5.41, 5.74) is 3.40. The Kier molecular flexibility index (Phi) is 4.04. The fourth-order valence-electron chi connectivity index (χ4n) is 2.06. The molecule has 0 unspecified atom stereocenters. The van der Waals surface area contributed by atoms with Crippen LogP contribution in [0.3, 0.4) is 0 Å². The molecule has 2 rings (SSSR count). The third-order valence-electron chi connectivity index (χ3n) is 3.05. The van der Waals surface area contributed by atoms with Crippen molar-refractivity contribution in [1.82, 2.24) is 14.9 Å². The highest BCUT2D eigenvalue weighted by Crippen LogP contribution is 2.25. The number of likely N-dealkylation sites (N-methyl/N-ethyl adjacent to an activating group) is 1. The zero-order chi connectivity index (χ0) is 13.1. The Morgan fingerprint density at radius 3 is 2.83 bits per heavy atom. The van der Waals surface area contributed by atoms with Crippen molar-refractivity contribution >= 4 is 11.6 Å². The second-order valence-corrected chi connectivity index (χ2v) is 4.81. The standard InChI is InChI=1S/C14H18ClN3/c1-10-5-4-6-11(9-10)14-17-13(15)12(18(14)3)7-8-16-2/h4-6,9,16H,7-8H2,1-3H3. The van der Waals surface area contributed by atoms with Gasteiger partial charge in [-0.25, -0.2) is 4.98 Å². The van der Waals surface area contributed by atoms with E-state index in [0.29, 0.717) is 5.15 Å². The van der Waals surface area contributed by atoms with Crippen LogP contribution >= 0.6 is 11.6 Å². The normalized spacial score (nSPS) is 10.9. The molecule has 0 amide bonds. The van der Waals surface area contributed by atoms with E-state index in [0.717, 1.165) is 30.0 Å². The second-order valence-electron chi connectivity index (χ2n) is 4.45. The van der Waals surface area contributed by atoms with Crippen LogP contribution in [0, 0.1) is 6.92 Å². The molecule has 1 aromatic heterocycles. The lowest BCUT2D eigenvalue weighted by Crippen LogP contribution is -2.12. The molecule has 0 fully saturated rings. The summed E-state index contributed by atoms with van der Waals surface area (Å²) in [4.78, 5) is 4.48. The van der Waals surface area contributed by atoms with E-state index >= 15 is 0 Å². The Morgan fingerprint density at radius 1 is 1.39 bits per heavy atom. The van der Waals surface area contributed by atoms with Crippen molar-refractivity contribution < 1.29 is 0 Å². The largest absolute Gasteiger partial charge is 0.330 e. The molecule has 0 atom stereocenters. The van der Waals surface area contributed by atoms with E-state index < -0.39 is 0 Å². The Balaban J connectivity index is 2.40. The molecule has 0 aliphatic heterocycles. The summed E-state index contributed by atoms with van der Waals surface area (Å²) in [6.45, 7) is 2.97. The van der Waals surface area contributed by atoms with Crippen LogP contribution in [0.15, 0.2) is 24.3 Å². The molecule has 1 aromatic carbocycles. The summed E-state index contributed by atoms with van der Waals surface area (Å²) in [7, 11) is 3.95. The third kappa shape index (κ3) is 2.57. The van der Waals surface area contributed by atoms with Crippen LogP contribution in [0.2, 0.25) is 5.15 Å². The number of nitrogens with one attached hydrogen (secondary N) is 1. The van der Waals surface area contributed by atoms with Gasteiger partial charge in [-0.2, -0.15) is 0 Å². The number of imidazole rings is 1. The Bertz CT molecular complexity index is 546. The van der Waals surface area contributed by atoms with Gasteiger partial charge in [0.05, 0.1) is 5.69 Å². The molecule has 0 aliphatic carbocycles. The number of aryl methyl sites for hydroxylation is 1. The zero-order valence-electron chi connectivity index (χ0n) is 11.0. The summed E-state index contributed by atoms with van der Waals surface area (Å²) >= 11 is 6.22. The maximum Gasteiger partial charge on any atom is 0.151 e. The van der Waals surface area contributed by atoms with Crippen molar-refractivity contribution in [3.63, 3.8) is 0 Å². The van der Waals surface area contributed by atoms with Gasteiger partial charge in [-0.1, -0.05) is 35.4 Å². The highest BCUT2D eigenvalue weighted by atomic mass is 35.5. The highest BCUT2D eigenvalue weighted by Gasteiger charge is 2.13. The van der Waals surface area contributed by atoms with Crippen molar-refractivity contribution in [3.8, 4) is 11.4 Å². The monoisotopic (exact) mass is 263 g/mol. The van der Waals surface area contributed by atoms with Gasteiger partial charge < -0.3 is 9.88 Å². The molecule has 0 saturated carbocycles. The van der Waals surface area contributed by atoms with Crippen molar-refractivity contribution in [2.75, 3.05) is 13.6 Å². The molecule has 0 aliphatic rings. The number of hydrogen-bond acceptors (Lipinski definition) is 2.